The molecule has 0 fully saturated rings. The fourth-order valence-electron chi connectivity index (χ4n) is 1.34. The van der Waals surface area contributed by atoms with Crippen molar-refractivity contribution in [3.8, 4) is 5.75 Å². The van der Waals surface area contributed by atoms with Crippen molar-refractivity contribution in [1.29, 1.82) is 0 Å². The van der Waals surface area contributed by atoms with Gasteiger partial charge in [-0.3, -0.25) is 0 Å². The van der Waals surface area contributed by atoms with Crippen LogP contribution in [0.25, 0.3) is 0 Å². The summed E-state index contributed by atoms with van der Waals surface area (Å²) < 4.78 is 18.4. The van der Waals surface area contributed by atoms with Gasteiger partial charge in [0.1, 0.15) is 18.2 Å². The molecule has 3 heteroatoms. The Morgan fingerprint density at radius 3 is 2.56 bits per heavy atom. The first-order valence-corrected chi connectivity index (χ1v) is 5.35. The summed E-state index contributed by atoms with van der Waals surface area (Å²) in [7, 11) is 0. The van der Waals surface area contributed by atoms with Gasteiger partial charge >= 0.3 is 0 Å². The molecule has 0 aliphatic carbocycles. The van der Waals surface area contributed by atoms with E-state index in [-0.39, 0.29) is 5.82 Å². The van der Waals surface area contributed by atoms with Crippen LogP contribution in [0.2, 0.25) is 0 Å². The molecular formula is C13H11FOS. The molecule has 0 aliphatic heterocycles. The van der Waals surface area contributed by atoms with E-state index in [9.17, 15) is 4.39 Å². The van der Waals surface area contributed by atoms with Crippen LogP contribution in [-0.4, -0.2) is 0 Å². The van der Waals surface area contributed by atoms with E-state index in [1.54, 1.807) is 6.07 Å². The van der Waals surface area contributed by atoms with E-state index >= 15 is 0 Å². The maximum Gasteiger partial charge on any atom is 0.136 e. The zero-order valence-corrected chi connectivity index (χ0v) is 9.45. The zero-order valence-electron chi connectivity index (χ0n) is 8.56. The van der Waals surface area contributed by atoms with Gasteiger partial charge in [-0.2, -0.15) is 0 Å². The maximum absolute atomic E-state index is 13.0. The van der Waals surface area contributed by atoms with E-state index in [1.807, 2.05) is 30.3 Å². The summed E-state index contributed by atoms with van der Waals surface area (Å²) in [6.45, 7) is 0.415. The van der Waals surface area contributed by atoms with Crippen LogP contribution in [0, 0.1) is 5.82 Å². The standard InChI is InChI=1S/C13H11FOS/c14-11-6-7-13(16)12(8-11)15-9-10-4-2-1-3-5-10/h1-8,16H,9H2. The molecule has 0 radical (unpaired) electrons. The van der Waals surface area contributed by atoms with Crippen LogP contribution in [0.1, 0.15) is 5.56 Å². The van der Waals surface area contributed by atoms with E-state index in [0.717, 1.165) is 5.56 Å². The van der Waals surface area contributed by atoms with Crippen molar-refractivity contribution in [2.75, 3.05) is 0 Å². The first-order chi connectivity index (χ1) is 7.75. The van der Waals surface area contributed by atoms with Gasteiger partial charge in [0.05, 0.1) is 0 Å². The van der Waals surface area contributed by atoms with Crippen molar-refractivity contribution in [3.05, 3.63) is 59.9 Å². The molecule has 0 spiro atoms. The molecule has 0 aliphatic rings. The minimum Gasteiger partial charge on any atom is -0.488 e. The molecule has 0 amide bonds. The third-order valence-electron chi connectivity index (χ3n) is 2.16. The van der Waals surface area contributed by atoms with Gasteiger partial charge in [0, 0.05) is 11.0 Å². The lowest BCUT2D eigenvalue weighted by Gasteiger charge is -2.08. The zero-order chi connectivity index (χ0) is 11.4. The highest BCUT2D eigenvalue weighted by atomic mass is 32.1. The number of thiol groups is 1. The second-order valence-electron chi connectivity index (χ2n) is 3.39. The fraction of sp³-hybridized carbons (Fsp3) is 0.0769. The Morgan fingerprint density at radius 2 is 1.81 bits per heavy atom. The summed E-state index contributed by atoms with van der Waals surface area (Å²) >= 11 is 4.20. The Morgan fingerprint density at radius 1 is 1.06 bits per heavy atom. The van der Waals surface area contributed by atoms with Gasteiger partial charge in [0.15, 0.2) is 0 Å². The van der Waals surface area contributed by atoms with Crippen LogP contribution in [0.3, 0.4) is 0 Å². The summed E-state index contributed by atoms with van der Waals surface area (Å²) in [6, 6.07) is 14.0. The van der Waals surface area contributed by atoms with Gasteiger partial charge in [0.2, 0.25) is 0 Å². The lowest BCUT2D eigenvalue weighted by atomic mass is 10.2. The highest BCUT2D eigenvalue weighted by Gasteiger charge is 2.02. The lowest BCUT2D eigenvalue weighted by molar-refractivity contribution is 0.297. The van der Waals surface area contributed by atoms with Crippen LogP contribution >= 0.6 is 12.6 Å². The molecule has 82 valence electrons. The molecule has 0 bridgehead atoms. The molecule has 2 aromatic carbocycles. The summed E-state index contributed by atoms with van der Waals surface area (Å²) in [6.07, 6.45) is 0. The Labute approximate surface area is 99.3 Å². The van der Waals surface area contributed by atoms with Crippen LogP contribution in [0.4, 0.5) is 4.39 Å². The van der Waals surface area contributed by atoms with Gasteiger partial charge in [-0.1, -0.05) is 30.3 Å². The Bertz CT molecular complexity index is 471. The largest absolute Gasteiger partial charge is 0.488 e. The van der Waals surface area contributed by atoms with Crippen LogP contribution < -0.4 is 4.74 Å². The van der Waals surface area contributed by atoms with E-state index < -0.39 is 0 Å². The van der Waals surface area contributed by atoms with Gasteiger partial charge in [-0.15, -0.1) is 12.6 Å². The maximum atomic E-state index is 13.0. The monoisotopic (exact) mass is 234 g/mol. The van der Waals surface area contributed by atoms with Crippen LogP contribution in [-0.2, 0) is 6.61 Å². The first-order valence-electron chi connectivity index (χ1n) is 4.91. The number of halogens is 1. The molecular weight excluding hydrogens is 223 g/mol. The Kier molecular flexibility index (Phi) is 3.47. The van der Waals surface area contributed by atoms with Gasteiger partial charge < -0.3 is 4.74 Å². The predicted octanol–water partition coefficient (Wildman–Crippen LogP) is 3.69. The molecule has 2 aromatic rings. The lowest BCUT2D eigenvalue weighted by Crippen LogP contribution is -1.96. The topological polar surface area (TPSA) is 9.23 Å². The summed E-state index contributed by atoms with van der Waals surface area (Å²) in [5.41, 5.74) is 1.04. The minimum absolute atomic E-state index is 0.319. The van der Waals surface area contributed by atoms with Crippen molar-refractivity contribution < 1.29 is 9.13 Å². The molecule has 16 heavy (non-hydrogen) atoms. The highest BCUT2D eigenvalue weighted by Crippen LogP contribution is 2.24. The number of hydrogen-bond acceptors (Lipinski definition) is 2. The summed E-state index contributed by atoms with van der Waals surface area (Å²) in [4.78, 5) is 0.636. The van der Waals surface area contributed by atoms with Crippen molar-refractivity contribution in [2.45, 2.75) is 11.5 Å². The summed E-state index contributed by atoms with van der Waals surface area (Å²) in [5.74, 6) is 0.146. The molecule has 0 saturated heterocycles. The SMILES string of the molecule is Fc1ccc(S)c(OCc2ccccc2)c1. The molecule has 0 atom stereocenters. The van der Waals surface area contributed by atoms with E-state index in [4.69, 9.17) is 4.74 Å². The van der Waals surface area contributed by atoms with Crippen molar-refractivity contribution in [2.24, 2.45) is 0 Å². The van der Waals surface area contributed by atoms with Gasteiger partial charge in [0.25, 0.3) is 0 Å². The second-order valence-corrected chi connectivity index (χ2v) is 3.87. The summed E-state index contributed by atoms with van der Waals surface area (Å²) in [5, 5.41) is 0. The van der Waals surface area contributed by atoms with Crippen LogP contribution in [0.5, 0.6) is 5.75 Å². The predicted molar refractivity (Wildman–Crippen MR) is 64.4 cm³/mol. The molecule has 0 N–H and O–H groups in total. The number of rotatable bonds is 3. The van der Waals surface area contributed by atoms with Gasteiger partial charge in [-0.25, -0.2) is 4.39 Å². The van der Waals surface area contributed by atoms with E-state index in [2.05, 4.69) is 12.6 Å². The first kappa shape index (κ1) is 11.0. The molecule has 2 rings (SSSR count). The Balaban J connectivity index is 2.08. The number of benzene rings is 2. The number of hydrogen-bond donors (Lipinski definition) is 1. The fourth-order valence-corrected chi connectivity index (χ4v) is 1.54. The van der Waals surface area contributed by atoms with E-state index in [0.29, 0.717) is 17.3 Å². The van der Waals surface area contributed by atoms with Gasteiger partial charge in [-0.05, 0) is 17.7 Å². The molecule has 0 saturated carbocycles. The average molecular weight is 234 g/mol. The van der Waals surface area contributed by atoms with E-state index in [1.165, 1.54) is 12.1 Å². The molecule has 0 heterocycles. The van der Waals surface area contributed by atoms with Crippen molar-refractivity contribution in [3.63, 3.8) is 0 Å². The van der Waals surface area contributed by atoms with Crippen molar-refractivity contribution >= 4 is 12.6 Å². The van der Waals surface area contributed by atoms with Crippen molar-refractivity contribution in [1.82, 2.24) is 0 Å². The van der Waals surface area contributed by atoms with Crippen LogP contribution in [0.15, 0.2) is 53.4 Å². The smallest absolute Gasteiger partial charge is 0.136 e. The molecule has 0 unspecified atom stereocenters. The second kappa shape index (κ2) is 5.03. The molecule has 1 nitrogen and oxygen atoms in total. The minimum atomic E-state index is -0.319. The average Bonchev–Trinajstić information content (AvgIpc) is 2.32. The quantitative estimate of drug-likeness (QED) is 0.797. The normalized spacial score (nSPS) is 10.1. The third-order valence-corrected chi connectivity index (χ3v) is 2.53. The highest BCUT2D eigenvalue weighted by molar-refractivity contribution is 7.80. The molecule has 0 aromatic heterocycles. The third kappa shape index (κ3) is 2.76. The number of ether oxygens (including phenoxy) is 1. The Hall–Kier alpha value is -1.48.